The van der Waals surface area contributed by atoms with Gasteiger partial charge in [0.1, 0.15) is 11.5 Å². The highest BCUT2D eigenvalue weighted by Gasteiger charge is 2.12. The van der Waals surface area contributed by atoms with E-state index in [1.165, 1.54) is 0 Å². The Morgan fingerprint density at radius 1 is 0.960 bits per heavy atom. The Morgan fingerprint density at radius 2 is 1.60 bits per heavy atom. The van der Waals surface area contributed by atoms with Crippen molar-refractivity contribution >= 4 is 46.7 Å². The first-order valence-electron chi connectivity index (χ1n) is 7.21. The number of rotatable bonds is 8. The largest absolute Gasteiger partial charge is 0.482 e. The van der Waals surface area contributed by atoms with E-state index in [-0.39, 0.29) is 0 Å². The van der Waals surface area contributed by atoms with Crippen molar-refractivity contribution in [3.05, 3.63) is 57.2 Å². The normalized spacial score (nSPS) is 10.6. The number of hydrogen-bond donors (Lipinski definition) is 2. The lowest BCUT2D eigenvalue weighted by Crippen LogP contribution is -2.12. The molecular weight excluding hydrogens is 439 g/mol. The van der Waals surface area contributed by atoms with E-state index in [2.05, 4.69) is 0 Å². The molecular formula is C18H15IO6. The standard InChI is InChI=1S/C18H15IO6/c19-15-9-14(24-10-16(20)21)8-13(18(15)25-11-17(22)23)7-6-12-4-2-1-3-5-12/h1-9H,10-11H2,(H,20,21)(H,22,23)/b7-6+. The van der Waals surface area contributed by atoms with E-state index in [0.29, 0.717) is 20.6 Å². The van der Waals surface area contributed by atoms with E-state index in [1.807, 2.05) is 59.0 Å². The molecule has 0 aliphatic carbocycles. The molecule has 0 aliphatic heterocycles. The summed E-state index contributed by atoms with van der Waals surface area (Å²) >= 11 is 1.99. The summed E-state index contributed by atoms with van der Waals surface area (Å²) in [6, 6.07) is 12.8. The fourth-order valence-electron chi connectivity index (χ4n) is 1.98. The van der Waals surface area contributed by atoms with Crippen LogP contribution in [0.3, 0.4) is 0 Å². The Balaban J connectivity index is 2.34. The lowest BCUT2D eigenvalue weighted by Gasteiger charge is -2.12. The molecule has 0 aromatic heterocycles. The van der Waals surface area contributed by atoms with Crippen LogP contribution in [0.2, 0.25) is 0 Å². The summed E-state index contributed by atoms with van der Waals surface area (Å²) in [4.78, 5) is 21.5. The summed E-state index contributed by atoms with van der Waals surface area (Å²) in [5.74, 6) is -1.40. The van der Waals surface area contributed by atoms with Gasteiger partial charge in [-0.2, -0.15) is 0 Å². The molecule has 25 heavy (non-hydrogen) atoms. The molecule has 0 radical (unpaired) electrons. The predicted octanol–water partition coefficient (Wildman–Crippen LogP) is 3.39. The van der Waals surface area contributed by atoms with Gasteiger partial charge in [0.25, 0.3) is 0 Å². The molecule has 2 aromatic rings. The van der Waals surface area contributed by atoms with E-state index >= 15 is 0 Å². The Kier molecular flexibility index (Phi) is 6.81. The average molecular weight is 454 g/mol. The molecule has 130 valence electrons. The molecule has 0 aliphatic rings. The molecule has 0 atom stereocenters. The highest BCUT2D eigenvalue weighted by Crippen LogP contribution is 2.32. The molecule has 0 fully saturated rings. The van der Waals surface area contributed by atoms with Crippen molar-refractivity contribution in [2.24, 2.45) is 0 Å². The summed E-state index contributed by atoms with van der Waals surface area (Å²) in [6.45, 7) is -0.940. The lowest BCUT2D eigenvalue weighted by molar-refractivity contribution is -0.140. The van der Waals surface area contributed by atoms with Crippen LogP contribution in [0.5, 0.6) is 11.5 Å². The molecule has 0 amide bonds. The van der Waals surface area contributed by atoms with Crippen LogP contribution in [-0.4, -0.2) is 35.4 Å². The van der Waals surface area contributed by atoms with Crippen LogP contribution >= 0.6 is 22.6 Å². The van der Waals surface area contributed by atoms with E-state index in [4.69, 9.17) is 19.7 Å². The molecule has 0 saturated carbocycles. The number of aliphatic carboxylic acids is 2. The number of ether oxygens (including phenoxy) is 2. The molecule has 2 aromatic carbocycles. The fraction of sp³-hybridized carbons (Fsp3) is 0.111. The third-order valence-electron chi connectivity index (χ3n) is 3.00. The van der Waals surface area contributed by atoms with Gasteiger partial charge in [-0.3, -0.25) is 0 Å². The zero-order valence-electron chi connectivity index (χ0n) is 13.0. The number of carbonyl (C=O) groups is 2. The maximum Gasteiger partial charge on any atom is 0.341 e. The minimum atomic E-state index is -1.08. The third-order valence-corrected chi connectivity index (χ3v) is 3.80. The summed E-state index contributed by atoms with van der Waals surface area (Å²) in [5, 5.41) is 17.6. The quantitative estimate of drug-likeness (QED) is 0.470. The second-order valence-electron chi connectivity index (χ2n) is 4.93. The smallest absolute Gasteiger partial charge is 0.341 e. The fourth-order valence-corrected chi connectivity index (χ4v) is 2.75. The molecule has 2 N–H and O–H groups in total. The van der Waals surface area contributed by atoms with Crippen molar-refractivity contribution in [1.29, 1.82) is 0 Å². The van der Waals surface area contributed by atoms with Crippen molar-refractivity contribution in [3.63, 3.8) is 0 Å². The second kappa shape index (κ2) is 9.07. The van der Waals surface area contributed by atoms with Crippen LogP contribution in [0, 0.1) is 3.57 Å². The zero-order valence-corrected chi connectivity index (χ0v) is 15.2. The molecule has 7 heteroatoms. The minimum absolute atomic E-state index is 0.363. The van der Waals surface area contributed by atoms with Gasteiger partial charge in [-0.1, -0.05) is 42.5 Å². The summed E-state index contributed by atoms with van der Waals surface area (Å²) < 4.78 is 11.2. The number of carboxylic acid groups (broad SMARTS) is 2. The average Bonchev–Trinajstić information content (AvgIpc) is 2.57. The second-order valence-corrected chi connectivity index (χ2v) is 6.09. The van der Waals surface area contributed by atoms with Gasteiger partial charge in [0.2, 0.25) is 0 Å². The summed E-state index contributed by atoms with van der Waals surface area (Å²) in [6.07, 6.45) is 3.61. The Labute approximate surface area is 157 Å². The zero-order chi connectivity index (χ0) is 18.2. The topological polar surface area (TPSA) is 93.1 Å². The van der Waals surface area contributed by atoms with E-state index in [0.717, 1.165) is 5.56 Å². The minimum Gasteiger partial charge on any atom is -0.482 e. The Bertz CT molecular complexity index is 786. The molecule has 0 heterocycles. The van der Waals surface area contributed by atoms with Crippen molar-refractivity contribution in [2.75, 3.05) is 13.2 Å². The number of carboxylic acids is 2. The van der Waals surface area contributed by atoms with Crippen molar-refractivity contribution in [1.82, 2.24) is 0 Å². The van der Waals surface area contributed by atoms with Gasteiger partial charge < -0.3 is 19.7 Å². The first-order valence-corrected chi connectivity index (χ1v) is 8.29. The Morgan fingerprint density at radius 3 is 2.24 bits per heavy atom. The lowest BCUT2D eigenvalue weighted by atomic mass is 10.1. The van der Waals surface area contributed by atoms with Crippen molar-refractivity contribution in [3.8, 4) is 11.5 Å². The number of halogens is 1. The first-order chi connectivity index (χ1) is 12.0. The first kappa shape index (κ1) is 18.8. The van der Waals surface area contributed by atoms with Gasteiger partial charge in [-0.05, 0) is 40.3 Å². The predicted molar refractivity (Wildman–Crippen MR) is 101 cm³/mol. The van der Waals surface area contributed by atoms with E-state index < -0.39 is 25.2 Å². The highest BCUT2D eigenvalue weighted by molar-refractivity contribution is 14.1. The van der Waals surface area contributed by atoms with Gasteiger partial charge in [-0.25, -0.2) is 9.59 Å². The SMILES string of the molecule is O=C(O)COc1cc(I)c(OCC(=O)O)c(/C=C/c2ccccc2)c1. The highest BCUT2D eigenvalue weighted by atomic mass is 127. The third kappa shape index (κ3) is 6.11. The van der Waals surface area contributed by atoms with Crippen LogP contribution in [0.25, 0.3) is 12.2 Å². The Hall–Kier alpha value is -2.55. The van der Waals surface area contributed by atoms with Gasteiger partial charge in [-0.15, -0.1) is 0 Å². The van der Waals surface area contributed by atoms with Crippen molar-refractivity contribution in [2.45, 2.75) is 0 Å². The molecule has 0 unspecified atom stereocenters. The maximum atomic E-state index is 10.8. The van der Waals surface area contributed by atoms with E-state index in [1.54, 1.807) is 18.2 Å². The van der Waals surface area contributed by atoms with Gasteiger partial charge >= 0.3 is 11.9 Å². The van der Waals surface area contributed by atoms with Crippen LogP contribution in [0.1, 0.15) is 11.1 Å². The molecule has 0 bridgehead atoms. The van der Waals surface area contributed by atoms with Gasteiger partial charge in [0.05, 0.1) is 3.57 Å². The molecule has 6 nitrogen and oxygen atoms in total. The molecule has 2 rings (SSSR count). The van der Waals surface area contributed by atoms with Crippen LogP contribution in [0.4, 0.5) is 0 Å². The monoisotopic (exact) mass is 454 g/mol. The summed E-state index contributed by atoms with van der Waals surface area (Å²) in [7, 11) is 0. The maximum absolute atomic E-state index is 10.8. The molecule has 0 saturated heterocycles. The summed E-state index contributed by atoms with van der Waals surface area (Å²) in [5.41, 5.74) is 1.55. The van der Waals surface area contributed by atoms with Crippen LogP contribution in [-0.2, 0) is 9.59 Å². The van der Waals surface area contributed by atoms with Crippen LogP contribution < -0.4 is 9.47 Å². The number of benzene rings is 2. The van der Waals surface area contributed by atoms with Gasteiger partial charge in [0.15, 0.2) is 13.2 Å². The molecule has 0 spiro atoms. The van der Waals surface area contributed by atoms with Crippen molar-refractivity contribution < 1.29 is 29.3 Å². The number of hydrogen-bond acceptors (Lipinski definition) is 4. The van der Waals surface area contributed by atoms with E-state index in [9.17, 15) is 9.59 Å². The van der Waals surface area contributed by atoms with Crippen LogP contribution in [0.15, 0.2) is 42.5 Å². The van der Waals surface area contributed by atoms with Gasteiger partial charge in [0, 0.05) is 5.56 Å².